The Balaban J connectivity index is 1.49. The first kappa shape index (κ1) is 15.3. The third kappa shape index (κ3) is 2.82. The van der Waals surface area contributed by atoms with Crippen molar-refractivity contribution in [3.63, 3.8) is 0 Å². The zero-order valence-corrected chi connectivity index (χ0v) is 13.2. The molecule has 3 aliphatic rings. The monoisotopic (exact) mass is 331 g/mol. The lowest BCUT2D eigenvalue weighted by atomic mass is 9.84. The van der Waals surface area contributed by atoms with Crippen LogP contribution in [0.5, 0.6) is 0 Å². The molecule has 24 heavy (non-hydrogen) atoms. The molecule has 2 bridgehead atoms. The van der Waals surface area contributed by atoms with E-state index in [1.54, 1.807) is 12.1 Å². The van der Waals surface area contributed by atoms with E-state index in [4.69, 9.17) is 0 Å². The molecule has 1 aromatic heterocycles. The van der Waals surface area contributed by atoms with Crippen LogP contribution in [0.25, 0.3) is 11.3 Å². The summed E-state index contributed by atoms with van der Waals surface area (Å²) in [6.45, 7) is 3.14. The third-order valence-electron chi connectivity index (χ3n) is 5.12. The van der Waals surface area contributed by atoms with Gasteiger partial charge < -0.3 is 15.2 Å². The van der Waals surface area contributed by atoms with Crippen molar-refractivity contribution in [1.29, 1.82) is 0 Å². The van der Waals surface area contributed by atoms with E-state index in [1.807, 2.05) is 0 Å². The smallest absolute Gasteiger partial charge is 0.267 e. The average molecular weight is 331 g/mol. The number of carbonyl (C=O) groups is 1. The average Bonchev–Trinajstić information content (AvgIpc) is 3.06. The Kier molecular flexibility index (Phi) is 3.84. The normalized spacial score (nSPS) is 25.7. The maximum Gasteiger partial charge on any atom is 0.267 e. The second-order valence-electron chi connectivity index (χ2n) is 6.63. The molecule has 0 spiro atoms. The van der Waals surface area contributed by atoms with Crippen LogP contribution in [-0.4, -0.2) is 41.5 Å². The zero-order chi connectivity index (χ0) is 16.7. The lowest BCUT2D eigenvalue weighted by Crippen LogP contribution is -2.57. The van der Waals surface area contributed by atoms with Crippen LogP contribution >= 0.6 is 0 Å². The maximum absolute atomic E-state index is 13.9. The Labute approximate surface area is 138 Å². The summed E-state index contributed by atoms with van der Waals surface area (Å²) in [7, 11) is 0. The van der Waals surface area contributed by atoms with E-state index < -0.39 is 11.6 Å². The van der Waals surface area contributed by atoms with Crippen LogP contribution in [0.3, 0.4) is 0 Å². The van der Waals surface area contributed by atoms with Crippen molar-refractivity contribution < 1.29 is 13.6 Å². The molecule has 2 N–H and O–H groups in total. The molecule has 4 heterocycles. The molecule has 6 heteroatoms. The predicted octanol–water partition coefficient (Wildman–Crippen LogP) is 2.78. The highest BCUT2D eigenvalue weighted by Crippen LogP contribution is 2.28. The number of aromatic amines is 1. The van der Waals surface area contributed by atoms with Crippen molar-refractivity contribution in [1.82, 2.24) is 15.2 Å². The number of aromatic nitrogens is 1. The molecule has 1 atom stereocenters. The first-order valence-electron chi connectivity index (χ1n) is 8.28. The molecular weight excluding hydrogens is 312 g/mol. The van der Waals surface area contributed by atoms with Gasteiger partial charge in [0.15, 0.2) is 0 Å². The number of fused-ring (bicyclic) bond motifs is 3. The highest BCUT2D eigenvalue weighted by Gasteiger charge is 2.35. The molecular formula is C18H19F2N3O. The Morgan fingerprint density at radius 1 is 1.17 bits per heavy atom. The number of piperidine rings is 3. The second kappa shape index (κ2) is 6.02. The second-order valence-corrected chi connectivity index (χ2v) is 6.63. The molecule has 4 nitrogen and oxygen atoms in total. The summed E-state index contributed by atoms with van der Waals surface area (Å²) in [5, 5.41) is 3.09. The van der Waals surface area contributed by atoms with Gasteiger partial charge in [0.25, 0.3) is 5.91 Å². The molecule has 1 unspecified atom stereocenters. The standard InChI is InChI=1S/C18H19F2N3O/c19-12-1-2-13(14(20)9-12)15-3-4-16(21-15)18(24)22-17-10-23-7-5-11(17)6-8-23/h1-4,9,11,17,21H,5-8,10H2,(H,22,24). The van der Waals surface area contributed by atoms with E-state index in [1.165, 1.54) is 12.1 Å². The number of carbonyl (C=O) groups excluding carboxylic acids is 1. The van der Waals surface area contributed by atoms with Crippen LogP contribution in [0, 0.1) is 17.6 Å². The molecule has 3 fully saturated rings. The van der Waals surface area contributed by atoms with Gasteiger partial charge in [-0.25, -0.2) is 8.78 Å². The molecule has 1 aromatic carbocycles. The quantitative estimate of drug-likeness (QED) is 0.909. The van der Waals surface area contributed by atoms with Gasteiger partial charge in [0, 0.05) is 29.9 Å². The van der Waals surface area contributed by atoms with Crippen molar-refractivity contribution >= 4 is 5.91 Å². The van der Waals surface area contributed by atoms with E-state index in [9.17, 15) is 13.6 Å². The number of nitrogens with one attached hydrogen (secondary N) is 2. The molecule has 0 radical (unpaired) electrons. The number of halogens is 2. The van der Waals surface area contributed by atoms with Gasteiger partial charge in [-0.15, -0.1) is 0 Å². The van der Waals surface area contributed by atoms with Gasteiger partial charge in [-0.2, -0.15) is 0 Å². The minimum Gasteiger partial charge on any atom is -0.350 e. The molecule has 2 aromatic rings. The minimum absolute atomic E-state index is 0.175. The Hall–Kier alpha value is -2.21. The number of hydrogen-bond acceptors (Lipinski definition) is 2. The van der Waals surface area contributed by atoms with Crippen LogP contribution in [-0.2, 0) is 0 Å². The maximum atomic E-state index is 13.9. The molecule has 0 saturated carbocycles. The van der Waals surface area contributed by atoms with Gasteiger partial charge in [0.2, 0.25) is 0 Å². The number of benzene rings is 1. The van der Waals surface area contributed by atoms with Crippen LogP contribution in [0.4, 0.5) is 8.78 Å². The van der Waals surface area contributed by atoms with E-state index in [2.05, 4.69) is 15.2 Å². The molecule has 1 amide bonds. The largest absolute Gasteiger partial charge is 0.350 e. The van der Waals surface area contributed by atoms with E-state index in [0.717, 1.165) is 38.5 Å². The topological polar surface area (TPSA) is 48.1 Å². The van der Waals surface area contributed by atoms with Crippen molar-refractivity contribution in [2.45, 2.75) is 18.9 Å². The molecule has 0 aliphatic carbocycles. The molecule has 5 rings (SSSR count). The minimum atomic E-state index is -0.652. The summed E-state index contributed by atoms with van der Waals surface area (Å²) >= 11 is 0. The summed E-state index contributed by atoms with van der Waals surface area (Å²) < 4.78 is 26.9. The number of H-pyrrole nitrogens is 1. The SMILES string of the molecule is O=C(NC1CN2CCC1CC2)c1ccc(-c2ccc(F)cc2F)[nH]1. The van der Waals surface area contributed by atoms with Gasteiger partial charge in [0.05, 0.1) is 0 Å². The van der Waals surface area contributed by atoms with E-state index in [-0.39, 0.29) is 17.5 Å². The van der Waals surface area contributed by atoms with E-state index >= 15 is 0 Å². The Bertz CT molecular complexity index is 765. The fourth-order valence-corrected chi connectivity index (χ4v) is 3.77. The summed E-state index contributed by atoms with van der Waals surface area (Å²) in [5.41, 5.74) is 1.11. The molecule has 3 saturated heterocycles. The summed E-state index contributed by atoms with van der Waals surface area (Å²) in [5.74, 6) is -0.908. The van der Waals surface area contributed by atoms with Crippen molar-refractivity contribution in [3.05, 3.63) is 47.7 Å². The van der Waals surface area contributed by atoms with Crippen LogP contribution in [0.15, 0.2) is 30.3 Å². The van der Waals surface area contributed by atoms with Gasteiger partial charge in [-0.1, -0.05) is 0 Å². The van der Waals surface area contributed by atoms with Gasteiger partial charge in [-0.3, -0.25) is 4.79 Å². The van der Waals surface area contributed by atoms with Gasteiger partial charge in [-0.05, 0) is 56.1 Å². The fraction of sp³-hybridized carbons (Fsp3) is 0.389. The lowest BCUT2D eigenvalue weighted by molar-refractivity contribution is 0.0618. The first-order valence-corrected chi connectivity index (χ1v) is 8.28. The van der Waals surface area contributed by atoms with Crippen molar-refractivity contribution in [2.24, 2.45) is 5.92 Å². The van der Waals surface area contributed by atoms with Crippen LogP contribution in [0.1, 0.15) is 23.3 Å². The molecule has 126 valence electrons. The van der Waals surface area contributed by atoms with Crippen molar-refractivity contribution in [3.8, 4) is 11.3 Å². The van der Waals surface area contributed by atoms with Crippen LogP contribution < -0.4 is 5.32 Å². The fourth-order valence-electron chi connectivity index (χ4n) is 3.77. The summed E-state index contributed by atoms with van der Waals surface area (Å²) in [4.78, 5) is 17.8. The predicted molar refractivity (Wildman–Crippen MR) is 86.6 cm³/mol. The van der Waals surface area contributed by atoms with Gasteiger partial charge >= 0.3 is 0 Å². The zero-order valence-electron chi connectivity index (χ0n) is 13.2. The highest BCUT2D eigenvalue weighted by molar-refractivity contribution is 5.93. The number of nitrogens with zero attached hydrogens (tertiary/aromatic N) is 1. The van der Waals surface area contributed by atoms with Crippen LogP contribution in [0.2, 0.25) is 0 Å². The molecule has 3 aliphatic heterocycles. The number of amides is 1. The first-order chi connectivity index (χ1) is 11.6. The van der Waals surface area contributed by atoms with Gasteiger partial charge in [0.1, 0.15) is 17.3 Å². The third-order valence-corrected chi connectivity index (χ3v) is 5.12. The number of rotatable bonds is 3. The Morgan fingerprint density at radius 3 is 2.62 bits per heavy atom. The summed E-state index contributed by atoms with van der Waals surface area (Å²) in [6.07, 6.45) is 2.25. The lowest BCUT2D eigenvalue weighted by Gasteiger charge is -2.44. The number of hydrogen-bond donors (Lipinski definition) is 2. The highest BCUT2D eigenvalue weighted by atomic mass is 19.1. The Morgan fingerprint density at radius 2 is 1.96 bits per heavy atom. The van der Waals surface area contributed by atoms with E-state index in [0.29, 0.717) is 17.3 Å². The summed E-state index contributed by atoms with van der Waals surface area (Å²) in [6, 6.07) is 6.85. The van der Waals surface area contributed by atoms with Crippen molar-refractivity contribution in [2.75, 3.05) is 19.6 Å².